The van der Waals surface area contributed by atoms with Crippen molar-refractivity contribution in [3.05, 3.63) is 35.3 Å². The fourth-order valence-electron chi connectivity index (χ4n) is 2.91. The molecule has 1 atom stereocenters. The van der Waals surface area contributed by atoms with E-state index in [1.807, 2.05) is 0 Å². The molecule has 0 radical (unpaired) electrons. The number of hydrogen-bond acceptors (Lipinski definition) is 1. The van der Waals surface area contributed by atoms with Gasteiger partial charge in [-0.05, 0) is 49.7 Å². The van der Waals surface area contributed by atoms with E-state index in [0.717, 1.165) is 23.9 Å². The maximum Gasteiger partial charge on any atom is 0.137 e. The van der Waals surface area contributed by atoms with Crippen molar-refractivity contribution >= 4 is 5.65 Å². The van der Waals surface area contributed by atoms with Crippen molar-refractivity contribution in [1.29, 1.82) is 0 Å². The zero-order valence-corrected chi connectivity index (χ0v) is 10.9. The predicted molar refractivity (Wildman–Crippen MR) is 70.3 cm³/mol. The van der Waals surface area contributed by atoms with Crippen molar-refractivity contribution in [2.24, 2.45) is 11.8 Å². The highest BCUT2D eigenvalue weighted by Crippen LogP contribution is 2.30. The molecule has 0 amide bonds. The summed E-state index contributed by atoms with van der Waals surface area (Å²) in [4.78, 5) is 4.75. The first-order valence-electron chi connectivity index (χ1n) is 6.61. The normalized spacial score (nSPS) is 19.9. The molecule has 1 unspecified atom stereocenters. The van der Waals surface area contributed by atoms with Crippen LogP contribution in [0.5, 0.6) is 0 Å². The van der Waals surface area contributed by atoms with Crippen LogP contribution in [0.2, 0.25) is 0 Å². The van der Waals surface area contributed by atoms with Gasteiger partial charge in [0.05, 0.1) is 5.69 Å². The zero-order chi connectivity index (χ0) is 12.0. The molecule has 2 aromatic heterocycles. The second-order valence-electron chi connectivity index (χ2n) is 5.69. The van der Waals surface area contributed by atoms with E-state index in [-0.39, 0.29) is 0 Å². The quantitative estimate of drug-likeness (QED) is 0.731. The Kier molecular flexibility index (Phi) is 2.46. The number of aromatic nitrogens is 2. The van der Waals surface area contributed by atoms with Gasteiger partial charge in [-0.25, -0.2) is 4.98 Å². The standard InChI is InChI=1S/C15H20N2/c1-10(2)12-5-6-13-14(8-12)17-9-11(3)4-7-15(17)16-13/h4,7,9-10,12H,5-6,8H2,1-3H3. The number of nitrogens with zero attached hydrogens (tertiary/aromatic N) is 2. The van der Waals surface area contributed by atoms with Gasteiger partial charge in [0.25, 0.3) is 0 Å². The minimum atomic E-state index is 0.776. The summed E-state index contributed by atoms with van der Waals surface area (Å²) in [6.07, 6.45) is 5.87. The van der Waals surface area contributed by atoms with E-state index in [1.54, 1.807) is 0 Å². The highest BCUT2D eigenvalue weighted by Gasteiger charge is 2.24. The van der Waals surface area contributed by atoms with E-state index in [0.29, 0.717) is 0 Å². The van der Waals surface area contributed by atoms with Crippen LogP contribution in [-0.4, -0.2) is 9.38 Å². The highest BCUT2D eigenvalue weighted by atomic mass is 15.0. The minimum Gasteiger partial charge on any atom is -0.304 e. The Balaban J connectivity index is 2.10. The number of rotatable bonds is 1. The van der Waals surface area contributed by atoms with Crippen molar-refractivity contribution in [1.82, 2.24) is 9.38 Å². The van der Waals surface area contributed by atoms with Gasteiger partial charge in [0.1, 0.15) is 5.65 Å². The van der Waals surface area contributed by atoms with E-state index >= 15 is 0 Å². The van der Waals surface area contributed by atoms with Gasteiger partial charge in [0, 0.05) is 11.9 Å². The van der Waals surface area contributed by atoms with Gasteiger partial charge < -0.3 is 4.40 Å². The number of aryl methyl sites for hydroxylation is 2. The molecule has 0 bridgehead atoms. The van der Waals surface area contributed by atoms with Gasteiger partial charge in [-0.1, -0.05) is 19.9 Å². The van der Waals surface area contributed by atoms with Gasteiger partial charge in [-0.15, -0.1) is 0 Å². The predicted octanol–water partition coefficient (Wildman–Crippen LogP) is 3.40. The number of imidazole rings is 1. The first kappa shape index (κ1) is 10.8. The molecule has 0 aliphatic heterocycles. The van der Waals surface area contributed by atoms with E-state index in [4.69, 9.17) is 4.98 Å². The molecule has 2 aromatic rings. The Morgan fingerprint density at radius 2 is 2.18 bits per heavy atom. The lowest BCUT2D eigenvalue weighted by molar-refractivity contribution is 0.337. The Hall–Kier alpha value is -1.31. The molecule has 0 aromatic carbocycles. The van der Waals surface area contributed by atoms with Crippen LogP contribution in [0, 0.1) is 18.8 Å². The van der Waals surface area contributed by atoms with Crippen molar-refractivity contribution in [2.45, 2.75) is 40.0 Å². The van der Waals surface area contributed by atoms with Gasteiger partial charge in [-0.3, -0.25) is 0 Å². The maximum atomic E-state index is 4.75. The number of fused-ring (bicyclic) bond motifs is 3. The lowest BCUT2D eigenvalue weighted by atomic mass is 9.82. The zero-order valence-electron chi connectivity index (χ0n) is 10.9. The van der Waals surface area contributed by atoms with E-state index < -0.39 is 0 Å². The maximum absolute atomic E-state index is 4.75. The molecule has 0 N–H and O–H groups in total. The molecule has 1 aliphatic carbocycles. The number of hydrogen-bond donors (Lipinski definition) is 0. The van der Waals surface area contributed by atoms with Crippen LogP contribution < -0.4 is 0 Å². The number of pyridine rings is 1. The van der Waals surface area contributed by atoms with Gasteiger partial charge in [0.15, 0.2) is 0 Å². The first-order valence-corrected chi connectivity index (χ1v) is 6.61. The third-order valence-electron chi connectivity index (χ3n) is 4.10. The lowest BCUT2D eigenvalue weighted by Crippen LogP contribution is -2.19. The average molecular weight is 228 g/mol. The summed E-state index contributed by atoms with van der Waals surface area (Å²) in [6, 6.07) is 4.28. The van der Waals surface area contributed by atoms with E-state index in [2.05, 4.69) is 43.5 Å². The average Bonchev–Trinajstić information content (AvgIpc) is 2.66. The summed E-state index contributed by atoms with van der Waals surface area (Å²) < 4.78 is 2.30. The molecule has 2 heteroatoms. The van der Waals surface area contributed by atoms with Crippen LogP contribution in [0.1, 0.15) is 37.2 Å². The van der Waals surface area contributed by atoms with Crippen LogP contribution in [0.25, 0.3) is 5.65 Å². The molecule has 1 aliphatic rings. The Morgan fingerprint density at radius 1 is 1.35 bits per heavy atom. The third kappa shape index (κ3) is 1.76. The fraction of sp³-hybridized carbons (Fsp3) is 0.533. The minimum absolute atomic E-state index is 0.776. The lowest BCUT2D eigenvalue weighted by Gasteiger charge is -2.25. The Bertz CT molecular complexity index is 551. The highest BCUT2D eigenvalue weighted by molar-refractivity contribution is 5.45. The summed E-state index contributed by atoms with van der Waals surface area (Å²) in [5, 5.41) is 0. The second kappa shape index (κ2) is 3.86. The Labute approximate surface area is 103 Å². The fourth-order valence-corrected chi connectivity index (χ4v) is 2.91. The second-order valence-corrected chi connectivity index (χ2v) is 5.69. The van der Waals surface area contributed by atoms with E-state index in [1.165, 1.54) is 29.8 Å². The molecule has 2 heterocycles. The molecule has 0 fully saturated rings. The van der Waals surface area contributed by atoms with Crippen molar-refractivity contribution in [3.63, 3.8) is 0 Å². The van der Waals surface area contributed by atoms with Gasteiger partial charge in [0.2, 0.25) is 0 Å². The molecule has 2 nitrogen and oxygen atoms in total. The van der Waals surface area contributed by atoms with Crippen molar-refractivity contribution in [2.75, 3.05) is 0 Å². The third-order valence-corrected chi connectivity index (χ3v) is 4.10. The summed E-state index contributed by atoms with van der Waals surface area (Å²) in [6.45, 7) is 6.82. The smallest absolute Gasteiger partial charge is 0.137 e. The van der Waals surface area contributed by atoms with Crippen LogP contribution in [0.15, 0.2) is 18.3 Å². The van der Waals surface area contributed by atoms with Gasteiger partial charge >= 0.3 is 0 Å². The van der Waals surface area contributed by atoms with Gasteiger partial charge in [-0.2, -0.15) is 0 Å². The molecule has 0 spiro atoms. The van der Waals surface area contributed by atoms with Crippen LogP contribution in [0.4, 0.5) is 0 Å². The summed E-state index contributed by atoms with van der Waals surface area (Å²) in [7, 11) is 0. The molecule has 17 heavy (non-hydrogen) atoms. The largest absolute Gasteiger partial charge is 0.304 e. The first-order chi connectivity index (χ1) is 8.15. The van der Waals surface area contributed by atoms with Crippen molar-refractivity contribution < 1.29 is 0 Å². The molecule has 0 saturated carbocycles. The van der Waals surface area contributed by atoms with Crippen LogP contribution in [0.3, 0.4) is 0 Å². The van der Waals surface area contributed by atoms with E-state index in [9.17, 15) is 0 Å². The Morgan fingerprint density at radius 3 is 2.94 bits per heavy atom. The molecule has 3 rings (SSSR count). The molecular weight excluding hydrogens is 208 g/mol. The van der Waals surface area contributed by atoms with Crippen molar-refractivity contribution in [3.8, 4) is 0 Å². The van der Waals surface area contributed by atoms with Crippen LogP contribution >= 0.6 is 0 Å². The SMILES string of the molecule is Cc1ccc2nc3c(n2c1)CC(C(C)C)CC3. The monoisotopic (exact) mass is 228 g/mol. The molecule has 0 saturated heterocycles. The summed E-state index contributed by atoms with van der Waals surface area (Å²) in [5.74, 6) is 1.60. The summed E-state index contributed by atoms with van der Waals surface area (Å²) >= 11 is 0. The summed E-state index contributed by atoms with van der Waals surface area (Å²) in [5.41, 5.74) is 5.20. The topological polar surface area (TPSA) is 17.3 Å². The van der Waals surface area contributed by atoms with Crippen LogP contribution in [-0.2, 0) is 12.8 Å². The molecule has 90 valence electrons. The molecular formula is C15H20N2.